The molecule has 1 aliphatic heterocycles. The van der Waals surface area contributed by atoms with E-state index in [1.54, 1.807) is 4.99 Å². The Kier molecular flexibility index (Phi) is 7.98. The van der Waals surface area contributed by atoms with Crippen LogP contribution in [0.2, 0.25) is 18.1 Å². The van der Waals surface area contributed by atoms with Crippen molar-refractivity contribution in [2.45, 2.75) is 83.7 Å². The summed E-state index contributed by atoms with van der Waals surface area (Å²) in [5.41, 5.74) is -1.08. The highest BCUT2D eigenvalue weighted by Gasteiger charge is 2.55. The largest absolute Gasteiger partial charge is 0.467 e. The highest BCUT2D eigenvalue weighted by Crippen LogP contribution is 2.42. The van der Waals surface area contributed by atoms with E-state index in [0.29, 0.717) is 26.0 Å². The molecule has 0 aromatic rings. The molecule has 6 nitrogen and oxygen atoms in total. The number of ether oxygens (including phenoxy) is 2. The fourth-order valence-corrected chi connectivity index (χ4v) is 4.64. The number of hydrogen-bond donors (Lipinski definition) is 0. The molecule has 0 aliphatic carbocycles. The molecule has 1 fully saturated rings. The minimum Gasteiger partial charge on any atom is -0.467 e. The molecule has 0 radical (unpaired) electrons. The molecule has 0 N–H and O–H groups in total. The van der Waals surface area contributed by atoms with Gasteiger partial charge >= 0.3 is 12.1 Å². The third kappa shape index (κ3) is 5.39. The lowest BCUT2D eigenvalue weighted by atomic mass is 9.88. The van der Waals surface area contributed by atoms with E-state index in [2.05, 4.69) is 49.8 Å². The van der Waals surface area contributed by atoms with Crippen LogP contribution >= 0.6 is 15.9 Å². The van der Waals surface area contributed by atoms with Crippen molar-refractivity contribution in [1.82, 2.24) is 4.90 Å². The van der Waals surface area contributed by atoms with Gasteiger partial charge in [0, 0.05) is 19.6 Å². The van der Waals surface area contributed by atoms with Gasteiger partial charge in [0.1, 0.15) is 5.60 Å². The Hall–Kier alpha value is -0.863. The van der Waals surface area contributed by atoms with E-state index < -0.39 is 31.5 Å². The molecule has 1 heterocycles. The Morgan fingerprint density at radius 2 is 1.79 bits per heavy atom. The van der Waals surface area contributed by atoms with E-state index in [1.165, 1.54) is 12.0 Å². The van der Waals surface area contributed by atoms with Gasteiger partial charge in [0.05, 0.1) is 7.11 Å². The number of nitrogens with zero attached hydrogens (tertiary/aromatic N) is 1. The maximum Gasteiger partial charge on any atom is 0.411 e. The number of carbonyl (C=O) groups excluding carboxylic acids is 2. The lowest BCUT2D eigenvalue weighted by Gasteiger charge is -2.40. The van der Waals surface area contributed by atoms with Crippen LogP contribution in [-0.2, 0) is 18.7 Å². The van der Waals surface area contributed by atoms with Crippen molar-refractivity contribution >= 4 is 36.3 Å². The van der Waals surface area contributed by atoms with Crippen molar-refractivity contribution in [2.75, 3.05) is 20.3 Å². The second kappa shape index (κ2) is 8.88. The monoisotopic (exact) mass is 477 g/mol. The zero-order valence-electron chi connectivity index (χ0n) is 18.8. The molecule has 0 unspecified atom stereocenters. The van der Waals surface area contributed by atoms with Crippen LogP contribution < -0.4 is 0 Å². The molecule has 28 heavy (non-hydrogen) atoms. The molecule has 1 aliphatic rings. The van der Waals surface area contributed by atoms with Gasteiger partial charge in [-0.05, 0) is 55.9 Å². The van der Waals surface area contributed by atoms with Gasteiger partial charge in [-0.2, -0.15) is 0 Å². The third-order valence-corrected chi connectivity index (χ3v) is 10.7. The van der Waals surface area contributed by atoms with Crippen LogP contribution in [0, 0.1) is 0 Å². The maximum atomic E-state index is 13.0. The Morgan fingerprint density at radius 3 is 2.21 bits per heavy atom. The number of hydrogen-bond acceptors (Lipinski definition) is 5. The molecule has 1 saturated heterocycles. The first-order chi connectivity index (χ1) is 12.6. The quantitative estimate of drug-likeness (QED) is 0.400. The zero-order chi connectivity index (χ0) is 22.0. The lowest BCUT2D eigenvalue weighted by molar-refractivity contribution is -0.151. The first-order valence-corrected chi connectivity index (χ1v) is 13.5. The van der Waals surface area contributed by atoms with Crippen LogP contribution in [0.15, 0.2) is 10.6 Å². The smallest absolute Gasteiger partial charge is 0.411 e. The first-order valence-electron chi connectivity index (χ1n) is 9.65. The van der Waals surface area contributed by atoms with E-state index in [-0.39, 0.29) is 5.04 Å². The molecule has 8 heteroatoms. The van der Waals surface area contributed by atoms with Gasteiger partial charge in [0.15, 0.2) is 13.9 Å². The number of amides is 1. The molecule has 162 valence electrons. The van der Waals surface area contributed by atoms with Crippen molar-refractivity contribution in [3.05, 3.63) is 10.6 Å². The average molecular weight is 479 g/mol. The summed E-state index contributed by atoms with van der Waals surface area (Å²) in [6.45, 7) is 17.0. The Bertz CT molecular complexity index is 621. The van der Waals surface area contributed by atoms with Crippen LogP contribution in [0.4, 0.5) is 4.79 Å². The Morgan fingerprint density at radius 1 is 1.21 bits per heavy atom. The van der Waals surface area contributed by atoms with Crippen LogP contribution in [0.3, 0.4) is 0 Å². The fourth-order valence-electron chi connectivity index (χ4n) is 2.99. The Labute approximate surface area is 179 Å². The van der Waals surface area contributed by atoms with Crippen molar-refractivity contribution in [3.8, 4) is 0 Å². The van der Waals surface area contributed by atoms with E-state index in [0.717, 1.165) is 5.57 Å². The van der Waals surface area contributed by atoms with Crippen LogP contribution in [0.25, 0.3) is 0 Å². The summed E-state index contributed by atoms with van der Waals surface area (Å²) in [7, 11) is -0.649. The van der Waals surface area contributed by atoms with Crippen LogP contribution in [-0.4, -0.2) is 56.7 Å². The standard InChI is InChI=1S/C20H36BrNO5Si/c1-18(2,3)27-17(24)22-12-10-15(14-21)20(22,16(23)25-7)11-13-26-28(8,9)19(4,5)6/h14H,10-13H2,1-9H3/b15-14-/t20-/m1/s1. The molecule has 0 aromatic carbocycles. The SMILES string of the molecule is COC(=O)[C@@]1(CCO[Si](C)(C)C(C)(C)C)/C(=C\Br)CCN1C(=O)OC(C)(C)C. The molecule has 0 saturated carbocycles. The Balaban J connectivity index is 3.21. The fraction of sp³-hybridized carbons (Fsp3) is 0.800. The molecule has 0 spiro atoms. The predicted octanol–water partition coefficient (Wildman–Crippen LogP) is 5.23. The first kappa shape index (κ1) is 25.2. The van der Waals surface area contributed by atoms with Gasteiger partial charge in [-0.1, -0.05) is 36.7 Å². The maximum absolute atomic E-state index is 13.0. The van der Waals surface area contributed by atoms with Gasteiger partial charge in [-0.15, -0.1) is 0 Å². The molecule has 1 atom stereocenters. The number of halogens is 1. The highest BCUT2D eigenvalue weighted by atomic mass is 79.9. The molecule has 1 rings (SSSR count). The minimum absolute atomic E-state index is 0.0556. The van der Waals surface area contributed by atoms with Crippen molar-refractivity contribution in [1.29, 1.82) is 0 Å². The third-order valence-electron chi connectivity index (χ3n) is 5.60. The average Bonchev–Trinajstić information content (AvgIpc) is 2.90. The summed E-state index contributed by atoms with van der Waals surface area (Å²) in [6.07, 6.45) is 0.373. The zero-order valence-corrected chi connectivity index (χ0v) is 21.4. The summed E-state index contributed by atoms with van der Waals surface area (Å²) in [5.74, 6) is -0.472. The topological polar surface area (TPSA) is 65.1 Å². The number of rotatable bonds is 5. The summed E-state index contributed by atoms with van der Waals surface area (Å²) in [4.78, 5) is 29.1. The van der Waals surface area contributed by atoms with E-state index in [1.807, 2.05) is 20.8 Å². The second-order valence-electron chi connectivity index (χ2n) is 9.73. The van der Waals surface area contributed by atoms with Gasteiger partial charge in [0.25, 0.3) is 0 Å². The minimum atomic E-state index is -1.99. The molecular formula is C20H36BrNO5Si. The summed E-state index contributed by atoms with van der Waals surface area (Å²) < 4.78 is 17.0. The van der Waals surface area contributed by atoms with Gasteiger partial charge in [-0.3, -0.25) is 4.90 Å². The predicted molar refractivity (Wildman–Crippen MR) is 117 cm³/mol. The number of carbonyl (C=O) groups is 2. The van der Waals surface area contributed by atoms with E-state index in [9.17, 15) is 9.59 Å². The van der Waals surface area contributed by atoms with Crippen LogP contribution in [0.1, 0.15) is 54.4 Å². The summed E-state index contributed by atoms with van der Waals surface area (Å²) in [5, 5.41) is 0.0556. The molecule has 0 bridgehead atoms. The normalized spacial score (nSPS) is 22.5. The lowest BCUT2D eigenvalue weighted by Crippen LogP contribution is -2.56. The number of likely N-dealkylation sites (tertiary alicyclic amines) is 1. The van der Waals surface area contributed by atoms with Crippen molar-refractivity contribution in [2.24, 2.45) is 0 Å². The van der Waals surface area contributed by atoms with Gasteiger partial charge in [-0.25, -0.2) is 9.59 Å². The van der Waals surface area contributed by atoms with Gasteiger partial charge < -0.3 is 13.9 Å². The number of methoxy groups -OCH3 is 1. The molecule has 0 aromatic heterocycles. The van der Waals surface area contributed by atoms with Crippen LogP contribution in [0.5, 0.6) is 0 Å². The van der Waals surface area contributed by atoms with E-state index >= 15 is 0 Å². The second-order valence-corrected chi connectivity index (χ2v) is 15.0. The molecule has 1 amide bonds. The molecular weight excluding hydrogens is 442 g/mol. The summed E-state index contributed by atoms with van der Waals surface area (Å²) in [6, 6.07) is 0. The van der Waals surface area contributed by atoms with Crippen molar-refractivity contribution in [3.63, 3.8) is 0 Å². The number of esters is 1. The van der Waals surface area contributed by atoms with E-state index in [4.69, 9.17) is 13.9 Å². The van der Waals surface area contributed by atoms with Crippen molar-refractivity contribution < 1.29 is 23.5 Å². The highest BCUT2D eigenvalue weighted by molar-refractivity contribution is 9.11. The van der Waals surface area contributed by atoms with Gasteiger partial charge in [0.2, 0.25) is 0 Å². The summed E-state index contributed by atoms with van der Waals surface area (Å²) >= 11 is 3.37.